The number of nitrogens with one attached hydrogen (secondary N) is 1. The van der Waals surface area contributed by atoms with Gasteiger partial charge in [0.2, 0.25) is 5.91 Å². The molecule has 0 spiro atoms. The van der Waals surface area contributed by atoms with Crippen LogP contribution in [-0.2, 0) is 14.6 Å². The fraction of sp³-hybridized carbons (Fsp3) is 0.333. The number of carbonyl (C=O) groups excluding carboxylic acids is 1. The number of hydrogen-bond acceptors (Lipinski definition) is 7. The smallest absolute Gasteiger partial charge is 0.244 e. The number of anilines is 2. The number of hydrogen-bond donors (Lipinski definition) is 1. The Hall–Kier alpha value is -2.23. The first-order chi connectivity index (χ1) is 14.7. The highest BCUT2D eigenvalue weighted by Crippen LogP contribution is 2.37. The van der Waals surface area contributed by atoms with Crippen LogP contribution in [0.4, 0.5) is 11.4 Å². The Morgan fingerprint density at radius 2 is 2.10 bits per heavy atom. The number of aliphatic imine (C=N–C) groups is 1. The highest BCUT2D eigenvalue weighted by atomic mass is 35.5. The SMILES string of the molecule is COc1ccc(Cl)cc1NC(=O)CN(C1=N[C@H]2CS(=O)(=O)C[C@@H]2S1)c1cccc(C)c1. The molecule has 2 aliphatic rings. The molecule has 7 nitrogen and oxygen atoms in total. The zero-order chi connectivity index (χ0) is 22.2. The maximum atomic E-state index is 13.0. The van der Waals surface area contributed by atoms with Gasteiger partial charge in [-0.2, -0.15) is 0 Å². The second-order valence-electron chi connectivity index (χ2n) is 7.53. The Morgan fingerprint density at radius 3 is 2.81 bits per heavy atom. The third kappa shape index (κ3) is 4.99. The van der Waals surface area contributed by atoms with E-state index in [1.54, 1.807) is 18.2 Å². The van der Waals surface area contributed by atoms with E-state index in [0.29, 0.717) is 21.6 Å². The van der Waals surface area contributed by atoms with E-state index in [9.17, 15) is 13.2 Å². The van der Waals surface area contributed by atoms with Crippen LogP contribution in [0, 0.1) is 6.92 Å². The number of thioether (sulfide) groups is 1. The van der Waals surface area contributed by atoms with Gasteiger partial charge in [0.05, 0.1) is 30.3 Å². The van der Waals surface area contributed by atoms with Gasteiger partial charge in [-0.3, -0.25) is 9.79 Å². The highest BCUT2D eigenvalue weighted by molar-refractivity contribution is 8.15. The first-order valence-corrected chi connectivity index (χ1v) is 12.7. The minimum absolute atomic E-state index is 0.0111. The van der Waals surface area contributed by atoms with Crippen molar-refractivity contribution in [1.29, 1.82) is 0 Å². The monoisotopic (exact) mass is 479 g/mol. The summed E-state index contributed by atoms with van der Waals surface area (Å²) in [6.07, 6.45) is 0. The van der Waals surface area contributed by atoms with Gasteiger partial charge in [-0.1, -0.05) is 35.5 Å². The average molecular weight is 480 g/mol. The number of amidine groups is 1. The molecule has 2 heterocycles. The Morgan fingerprint density at radius 1 is 1.29 bits per heavy atom. The molecular formula is C21H22ClN3O4S2. The van der Waals surface area contributed by atoms with Gasteiger partial charge in [0.25, 0.3) is 0 Å². The zero-order valence-corrected chi connectivity index (χ0v) is 19.4. The van der Waals surface area contributed by atoms with Crippen molar-refractivity contribution < 1.29 is 17.9 Å². The van der Waals surface area contributed by atoms with Crippen molar-refractivity contribution >= 4 is 55.6 Å². The zero-order valence-electron chi connectivity index (χ0n) is 17.0. The van der Waals surface area contributed by atoms with Crippen molar-refractivity contribution in [3.63, 3.8) is 0 Å². The lowest BCUT2D eigenvalue weighted by atomic mass is 10.2. The molecule has 0 aliphatic carbocycles. The lowest BCUT2D eigenvalue weighted by molar-refractivity contribution is -0.114. The summed E-state index contributed by atoms with van der Waals surface area (Å²) >= 11 is 7.49. The Bertz CT molecular complexity index is 1150. The summed E-state index contributed by atoms with van der Waals surface area (Å²) in [5, 5.41) is 3.88. The van der Waals surface area contributed by atoms with Crippen molar-refractivity contribution in [1.82, 2.24) is 0 Å². The number of rotatable bonds is 5. The molecule has 10 heteroatoms. The van der Waals surface area contributed by atoms with Gasteiger partial charge >= 0.3 is 0 Å². The molecule has 0 aromatic heterocycles. The van der Waals surface area contributed by atoms with E-state index in [2.05, 4.69) is 10.3 Å². The Labute approximate surface area is 190 Å². The summed E-state index contributed by atoms with van der Waals surface area (Å²) in [7, 11) is -1.53. The first kappa shape index (κ1) is 22.0. The maximum Gasteiger partial charge on any atom is 0.244 e. The molecule has 2 aliphatic heterocycles. The molecule has 1 saturated heterocycles. The molecule has 0 unspecified atom stereocenters. The molecule has 2 atom stereocenters. The van der Waals surface area contributed by atoms with E-state index < -0.39 is 9.84 Å². The number of amides is 1. The molecule has 1 N–H and O–H groups in total. The van der Waals surface area contributed by atoms with Crippen LogP contribution in [0.25, 0.3) is 0 Å². The number of methoxy groups -OCH3 is 1. The minimum Gasteiger partial charge on any atom is -0.495 e. The number of ether oxygens (including phenoxy) is 1. The number of benzene rings is 2. The average Bonchev–Trinajstić information content (AvgIpc) is 3.19. The third-order valence-corrected chi connectivity index (χ3v) is 8.57. The minimum atomic E-state index is -3.05. The van der Waals surface area contributed by atoms with E-state index in [-0.39, 0.29) is 35.2 Å². The predicted molar refractivity (Wildman–Crippen MR) is 126 cm³/mol. The lowest BCUT2D eigenvalue weighted by Gasteiger charge is -2.24. The number of sulfone groups is 1. The summed E-state index contributed by atoms with van der Waals surface area (Å²) in [6.45, 7) is 1.99. The van der Waals surface area contributed by atoms with E-state index in [1.165, 1.54) is 18.9 Å². The number of aryl methyl sites for hydroxylation is 1. The summed E-state index contributed by atoms with van der Waals surface area (Å²) in [4.78, 5) is 19.4. The molecule has 31 heavy (non-hydrogen) atoms. The lowest BCUT2D eigenvalue weighted by Crippen LogP contribution is -2.36. The van der Waals surface area contributed by atoms with Crippen LogP contribution >= 0.6 is 23.4 Å². The molecule has 0 bridgehead atoms. The summed E-state index contributed by atoms with van der Waals surface area (Å²) in [6, 6.07) is 12.5. The number of fused-ring (bicyclic) bond motifs is 1. The van der Waals surface area contributed by atoms with Gasteiger partial charge in [0.15, 0.2) is 15.0 Å². The van der Waals surface area contributed by atoms with E-state index in [0.717, 1.165) is 11.3 Å². The van der Waals surface area contributed by atoms with Crippen molar-refractivity contribution in [2.24, 2.45) is 4.99 Å². The number of carbonyl (C=O) groups is 1. The summed E-state index contributed by atoms with van der Waals surface area (Å²) < 4.78 is 29.1. The fourth-order valence-electron chi connectivity index (χ4n) is 3.65. The van der Waals surface area contributed by atoms with Gasteiger partial charge in [-0.05, 0) is 42.8 Å². The molecule has 0 saturated carbocycles. The van der Waals surface area contributed by atoms with Crippen LogP contribution < -0.4 is 15.0 Å². The molecule has 2 aromatic carbocycles. The molecule has 2 aromatic rings. The van der Waals surface area contributed by atoms with Gasteiger partial charge in [0.1, 0.15) is 12.3 Å². The number of halogens is 1. The normalized spacial score (nSPS) is 21.3. The maximum absolute atomic E-state index is 13.0. The first-order valence-electron chi connectivity index (χ1n) is 9.66. The van der Waals surface area contributed by atoms with Crippen LogP contribution in [0.5, 0.6) is 5.75 Å². The molecule has 1 fully saturated rings. The van der Waals surface area contributed by atoms with Crippen molar-refractivity contribution in [3.05, 3.63) is 53.1 Å². The van der Waals surface area contributed by atoms with Crippen LogP contribution in [0.15, 0.2) is 47.5 Å². The topological polar surface area (TPSA) is 88.1 Å². The van der Waals surface area contributed by atoms with Crippen LogP contribution in [0.1, 0.15) is 5.56 Å². The van der Waals surface area contributed by atoms with Gasteiger partial charge in [0, 0.05) is 16.0 Å². The largest absolute Gasteiger partial charge is 0.495 e. The quantitative estimate of drug-likeness (QED) is 0.707. The predicted octanol–water partition coefficient (Wildman–Crippen LogP) is 3.37. The van der Waals surface area contributed by atoms with E-state index >= 15 is 0 Å². The number of nitrogens with zero attached hydrogens (tertiary/aromatic N) is 2. The fourth-order valence-corrected chi connectivity index (χ4v) is 7.60. The van der Waals surface area contributed by atoms with Crippen LogP contribution in [0.2, 0.25) is 5.02 Å². The van der Waals surface area contributed by atoms with Gasteiger partial charge in [-0.25, -0.2) is 8.42 Å². The second kappa shape index (κ2) is 8.72. The van der Waals surface area contributed by atoms with Crippen LogP contribution in [0.3, 0.4) is 0 Å². The highest BCUT2D eigenvalue weighted by Gasteiger charge is 2.44. The second-order valence-corrected chi connectivity index (χ2v) is 11.3. The standard InChI is InChI=1S/C21H22ClN3O4S2/c1-13-4-3-5-15(8-13)25(21-24-17-11-31(27,28)12-19(17)30-21)10-20(26)23-16-9-14(22)6-7-18(16)29-2/h3-9,17,19H,10-12H2,1-2H3,(H,23,26)/t17-,19-/m0/s1. The summed E-state index contributed by atoms with van der Waals surface area (Å²) in [5.41, 5.74) is 2.35. The van der Waals surface area contributed by atoms with Gasteiger partial charge < -0.3 is 15.0 Å². The Balaban J connectivity index is 1.59. The molecule has 0 radical (unpaired) electrons. The van der Waals surface area contributed by atoms with Crippen molar-refractivity contribution in [3.8, 4) is 5.75 Å². The van der Waals surface area contributed by atoms with E-state index in [4.69, 9.17) is 16.3 Å². The third-order valence-electron chi connectivity index (χ3n) is 5.09. The Kier molecular flexibility index (Phi) is 6.18. The molecule has 164 valence electrons. The van der Waals surface area contributed by atoms with Crippen molar-refractivity contribution in [2.75, 3.05) is 35.4 Å². The molecule has 1 amide bonds. The van der Waals surface area contributed by atoms with Crippen molar-refractivity contribution in [2.45, 2.75) is 18.2 Å². The molecular weight excluding hydrogens is 458 g/mol. The summed E-state index contributed by atoms with van der Waals surface area (Å²) in [5.74, 6) is 0.409. The van der Waals surface area contributed by atoms with Crippen LogP contribution in [-0.4, -0.2) is 55.9 Å². The van der Waals surface area contributed by atoms with E-state index in [1.807, 2.05) is 36.1 Å². The molecule has 4 rings (SSSR count). The van der Waals surface area contributed by atoms with Gasteiger partial charge in [-0.15, -0.1) is 0 Å².